The van der Waals surface area contributed by atoms with E-state index >= 15 is 0 Å². The maximum absolute atomic E-state index is 13.6. The molecule has 0 aliphatic carbocycles. The predicted molar refractivity (Wildman–Crippen MR) is 76.1 cm³/mol. The number of rotatable bonds is 5. The molecule has 3 aromatic rings. The van der Waals surface area contributed by atoms with Crippen LogP contribution < -0.4 is 10.1 Å². The number of carbonyl (C=O) groups is 1. The van der Waals surface area contributed by atoms with Crippen molar-refractivity contribution < 1.29 is 22.9 Å². The summed E-state index contributed by atoms with van der Waals surface area (Å²) in [5.41, 5.74) is 0.0854. The van der Waals surface area contributed by atoms with Gasteiger partial charge in [-0.2, -0.15) is 4.98 Å². The topological polar surface area (TPSA) is 90.4 Å². The number of amides is 1. The first-order valence-electron chi connectivity index (χ1n) is 6.66. The molecule has 2 heterocycles. The van der Waals surface area contributed by atoms with Gasteiger partial charge in [0.15, 0.2) is 23.2 Å². The van der Waals surface area contributed by atoms with Crippen LogP contribution in [-0.4, -0.2) is 23.2 Å². The van der Waals surface area contributed by atoms with Crippen molar-refractivity contribution in [1.82, 2.24) is 15.5 Å². The maximum atomic E-state index is 13.6. The lowest BCUT2D eigenvalue weighted by Gasteiger charge is -2.08. The molecule has 3 rings (SSSR count). The van der Waals surface area contributed by atoms with Gasteiger partial charge in [0, 0.05) is 0 Å². The Bertz CT molecular complexity index is 814. The first-order valence-corrected chi connectivity index (χ1v) is 6.66. The minimum atomic E-state index is -0.611. The molecule has 7 nitrogen and oxygen atoms in total. The van der Waals surface area contributed by atoms with Crippen molar-refractivity contribution in [3.05, 3.63) is 53.8 Å². The molecule has 1 aromatic carbocycles. The molecule has 1 amide bonds. The van der Waals surface area contributed by atoms with Crippen LogP contribution in [0.3, 0.4) is 0 Å². The molecule has 0 aliphatic rings. The third kappa shape index (κ3) is 3.05. The van der Waals surface area contributed by atoms with E-state index in [2.05, 4.69) is 15.5 Å². The SMILES string of the molecule is COc1c(F)cccc1C(=O)NCc1noc(-c2ccco2)n1. The molecule has 118 valence electrons. The molecule has 1 N–H and O–H groups in total. The number of hydrogen-bond donors (Lipinski definition) is 1. The van der Waals surface area contributed by atoms with Crippen LogP contribution in [0.15, 0.2) is 45.5 Å². The van der Waals surface area contributed by atoms with Crippen LogP contribution in [0, 0.1) is 5.82 Å². The summed E-state index contributed by atoms with van der Waals surface area (Å²) < 4.78 is 28.6. The molecule has 0 unspecified atom stereocenters. The first-order chi connectivity index (χ1) is 11.2. The van der Waals surface area contributed by atoms with E-state index in [1.54, 1.807) is 12.1 Å². The summed E-state index contributed by atoms with van der Waals surface area (Å²) in [6.45, 7) is 0.0166. The average molecular weight is 317 g/mol. The number of hydrogen-bond acceptors (Lipinski definition) is 6. The highest BCUT2D eigenvalue weighted by atomic mass is 19.1. The Hall–Kier alpha value is -3.16. The molecule has 0 fully saturated rings. The quantitative estimate of drug-likeness (QED) is 0.777. The number of halogens is 1. The molecule has 8 heteroatoms. The Morgan fingerprint density at radius 2 is 2.22 bits per heavy atom. The molecule has 2 aromatic heterocycles. The summed E-state index contributed by atoms with van der Waals surface area (Å²) in [6.07, 6.45) is 1.48. The highest BCUT2D eigenvalue weighted by molar-refractivity contribution is 5.96. The van der Waals surface area contributed by atoms with E-state index in [9.17, 15) is 9.18 Å². The zero-order valence-electron chi connectivity index (χ0n) is 12.1. The Balaban J connectivity index is 1.69. The molecule has 0 radical (unpaired) electrons. The average Bonchev–Trinajstić information content (AvgIpc) is 3.23. The monoisotopic (exact) mass is 317 g/mol. The van der Waals surface area contributed by atoms with Gasteiger partial charge in [-0.15, -0.1) is 0 Å². The van der Waals surface area contributed by atoms with Crippen LogP contribution in [0.2, 0.25) is 0 Å². The van der Waals surface area contributed by atoms with Gasteiger partial charge < -0.3 is 19.0 Å². The van der Waals surface area contributed by atoms with Crippen LogP contribution >= 0.6 is 0 Å². The van der Waals surface area contributed by atoms with Gasteiger partial charge in [-0.1, -0.05) is 11.2 Å². The predicted octanol–water partition coefficient (Wildman–Crippen LogP) is 2.41. The number of carbonyl (C=O) groups excluding carboxylic acids is 1. The Morgan fingerprint density at radius 3 is 2.96 bits per heavy atom. The summed E-state index contributed by atoms with van der Waals surface area (Å²) in [7, 11) is 1.30. The van der Waals surface area contributed by atoms with Gasteiger partial charge in [-0.25, -0.2) is 4.39 Å². The van der Waals surface area contributed by atoms with Gasteiger partial charge in [-0.05, 0) is 24.3 Å². The maximum Gasteiger partial charge on any atom is 0.293 e. The number of aromatic nitrogens is 2. The van der Waals surface area contributed by atoms with E-state index in [1.807, 2.05) is 0 Å². The van der Waals surface area contributed by atoms with Crippen LogP contribution in [0.25, 0.3) is 11.7 Å². The smallest absolute Gasteiger partial charge is 0.293 e. The van der Waals surface area contributed by atoms with Crippen LogP contribution in [-0.2, 0) is 6.54 Å². The van der Waals surface area contributed by atoms with E-state index in [0.717, 1.165) is 0 Å². The molecular formula is C15H12FN3O4. The molecule has 0 saturated carbocycles. The Morgan fingerprint density at radius 1 is 1.35 bits per heavy atom. The number of para-hydroxylation sites is 1. The fourth-order valence-corrected chi connectivity index (χ4v) is 1.98. The minimum absolute atomic E-state index is 0.0166. The van der Waals surface area contributed by atoms with Crippen LogP contribution in [0.4, 0.5) is 4.39 Å². The zero-order valence-corrected chi connectivity index (χ0v) is 12.1. The van der Waals surface area contributed by atoms with Gasteiger partial charge in [0.1, 0.15) is 0 Å². The van der Waals surface area contributed by atoms with Crippen molar-refractivity contribution in [2.24, 2.45) is 0 Å². The van der Waals surface area contributed by atoms with E-state index < -0.39 is 11.7 Å². The lowest BCUT2D eigenvalue weighted by Crippen LogP contribution is -2.24. The second-order valence-corrected chi connectivity index (χ2v) is 4.50. The summed E-state index contributed by atoms with van der Waals surface area (Å²) in [6, 6.07) is 7.47. The highest BCUT2D eigenvalue weighted by Gasteiger charge is 2.17. The number of ether oxygens (including phenoxy) is 1. The fourth-order valence-electron chi connectivity index (χ4n) is 1.98. The zero-order chi connectivity index (χ0) is 16.2. The van der Waals surface area contributed by atoms with Gasteiger partial charge in [-0.3, -0.25) is 4.79 Å². The number of nitrogens with zero attached hydrogens (tertiary/aromatic N) is 2. The largest absolute Gasteiger partial charge is 0.493 e. The number of methoxy groups -OCH3 is 1. The number of furan rings is 1. The van der Waals surface area contributed by atoms with E-state index in [-0.39, 0.29) is 29.6 Å². The van der Waals surface area contributed by atoms with Gasteiger partial charge in [0.2, 0.25) is 0 Å². The molecule has 0 atom stereocenters. The Kier molecular flexibility index (Phi) is 4.05. The molecule has 0 saturated heterocycles. The van der Waals surface area contributed by atoms with Crippen molar-refractivity contribution in [2.45, 2.75) is 6.54 Å². The van der Waals surface area contributed by atoms with Crippen molar-refractivity contribution in [3.8, 4) is 17.4 Å². The van der Waals surface area contributed by atoms with Crippen LogP contribution in [0.5, 0.6) is 5.75 Å². The van der Waals surface area contributed by atoms with Crippen molar-refractivity contribution in [2.75, 3.05) is 7.11 Å². The number of nitrogens with one attached hydrogen (secondary N) is 1. The van der Waals surface area contributed by atoms with E-state index in [4.69, 9.17) is 13.7 Å². The molecule has 0 bridgehead atoms. The number of benzene rings is 1. The van der Waals surface area contributed by atoms with E-state index in [1.165, 1.54) is 31.6 Å². The van der Waals surface area contributed by atoms with Crippen molar-refractivity contribution in [1.29, 1.82) is 0 Å². The second-order valence-electron chi connectivity index (χ2n) is 4.50. The summed E-state index contributed by atoms with van der Waals surface area (Å²) in [5.74, 6) is -0.329. The van der Waals surface area contributed by atoms with Gasteiger partial charge >= 0.3 is 0 Å². The normalized spacial score (nSPS) is 10.5. The lowest BCUT2D eigenvalue weighted by atomic mass is 10.2. The molecule has 23 heavy (non-hydrogen) atoms. The highest BCUT2D eigenvalue weighted by Crippen LogP contribution is 2.22. The summed E-state index contributed by atoms with van der Waals surface area (Å²) in [4.78, 5) is 16.2. The third-order valence-electron chi connectivity index (χ3n) is 3.02. The third-order valence-corrected chi connectivity index (χ3v) is 3.02. The second kappa shape index (κ2) is 6.30. The van der Waals surface area contributed by atoms with Crippen molar-refractivity contribution in [3.63, 3.8) is 0 Å². The van der Waals surface area contributed by atoms with E-state index in [0.29, 0.717) is 5.76 Å². The minimum Gasteiger partial charge on any atom is -0.493 e. The van der Waals surface area contributed by atoms with Gasteiger partial charge in [0.05, 0.1) is 25.5 Å². The van der Waals surface area contributed by atoms with Gasteiger partial charge in [0.25, 0.3) is 11.8 Å². The summed E-state index contributed by atoms with van der Waals surface area (Å²) >= 11 is 0. The lowest BCUT2D eigenvalue weighted by molar-refractivity contribution is 0.0945. The first kappa shape index (κ1) is 14.8. The fraction of sp³-hybridized carbons (Fsp3) is 0.133. The Labute approximate surface area is 130 Å². The molecular weight excluding hydrogens is 305 g/mol. The summed E-state index contributed by atoms with van der Waals surface area (Å²) in [5, 5.41) is 6.31. The molecule has 0 aliphatic heterocycles. The van der Waals surface area contributed by atoms with Crippen molar-refractivity contribution >= 4 is 5.91 Å². The standard InChI is InChI=1S/C15H12FN3O4/c1-21-13-9(4-2-5-10(13)16)14(20)17-8-12-18-15(23-19-12)11-6-3-7-22-11/h2-7H,8H2,1H3,(H,17,20). The van der Waals surface area contributed by atoms with Crippen LogP contribution in [0.1, 0.15) is 16.2 Å². The molecule has 0 spiro atoms.